The minimum Gasteiger partial charge on any atom is -0.317 e. The van der Waals surface area contributed by atoms with Crippen LogP contribution in [0.5, 0.6) is 0 Å². The molecular weight excluding hydrogens is 301 g/mol. The Bertz CT molecular complexity index is 463. The number of benzene rings is 1. The summed E-state index contributed by atoms with van der Waals surface area (Å²) in [4.78, 5) is 12.9. The quantitative estimate of drug-likeness (QED) is 0.684. The number of likely N-dealkylation sites (tertiary alicyclic amines) is 1. The molecule has 0 radical (unpaired) electrons. The van der Waals surface area contributed by atoms with Crippen LogP contribution in [0, 0.1) is 10.1 Å². The van der Waals surface area contributed by atoms with Gasteiger partial charge in [0.25, 0.3) is 5.69 Å². The Hall–Kier alpha value is -0.880. The highest BCUT2D eigenvalue weighted by Gasteiger charge is 2.21. The van der Waals surface area contributed by atoms with Gasteiger partial charge in [-0.05, 0) is 45.1 Å². The number of nitro benzene ring substituents is 1. The van der Waals surface area contributed by atoms with Crippen LogP contribution in [0.25, 0.3) is 0 Å². The van der Waals surface area contributed by atoms with E-state index in [2.05, 4.69) is 10.2 Å². The summed E-state index contributed by atoms with van der Waals surface area (Å²) in [6.45, 7) is 2.54. The number of hydrogen-bond acceptors (Lipinski definition) is 4. The van der Waals surface area contributed by atoms with Crippen molar-refractivity contribution in [3.8, 4) is 0 Å². The van der Waals surface area contributed by atoms with Gasteiger partial charge in [0.1, 0.15) is 0 Å². The van der Waals surface area contributed by atoms with Crippen LogP contribution >= 0.6 is 24.0 Å². The highest BCUT2D eigenvalue weighted by atomic mass is 35.5. The summed E-state index contributed by atoms with van der Waals surface area (Å²) in [7, 11) is 1.98. The van der Waals surface area contributed by atoms with E-state index in [-0.39, 0.29) is 23.0 Å². The van der Waals surface area contributed by atoms with Crippen LogP contribution < -0.4 is 5.32 Å². The summed E-state index contributed by atoms with van der Waals surface area (Å²) in [5, 5.41) is 14.7. The average molecular weight is 320 g/mol. The molecule has 1 heterocycles. The average Bonchev–Trinajstić information content (AvgIpc) is 2.41. The number of piperidine rings is 1. The van der Waals surface area contributed by atoms with Crippen molar-refractivity contribution < 1.29 is 4.92 Å². The van der Waals surface area contributed by atoms with E-state index in [4.69, 9.17) is 11.6 Å². The topological polar surface area (TPSA) is 58.4 Å². The summed E-state index contributed by atoms with van der Waals surface area (Å²) in [6.07, 6.45) is 2.16. The number of nitrogens with zero attached hydrogens (tertiary/aromatic N) is 2. The van der Waals surface area contributed by atoms with Gasteiger partial charge in [-0.2, -0.15) is 0 Å². The molecule has 1 aromatic carbocycles. The zero-order valence-corrected chi connectivity index (χ0v) is 12.9. The van der Waals surface area contributed by atoms with Crippen LogP contribution in [0.3, 0.4) is 0 Å². The van der Waals surface area contributed by atoms with Gasteiger partial charge in [0.05, 0.1) is 4.92 Å². The molecule has 1 aliphatic heterocycles. The lowest BCUT2D eigenvalue weighted by atomic mass is 10.0. The number of halogens is 2. The van der Waals surface area contributed by atoms with Crippen LogP contribution in [0.15, 0.2) is 18.2 Å². The number of nitro groups is 1. The van der Waals surface area contributed by atoms with Gasteiger partial charge in [-0.15, -0.1) is 12.4 Å². The van der Waals surface area contributed by atoms with Gasteiger partial charge < -0.3 is 5.32 Å². The van der Waals surface area contributed by atoms with Crippen LogP contribution in [0.1, 0.15) is 18.4 Å². The SMILES string of the molecule is CNC1CCN(Cc2ccc(Cl)cc2[N+](=O)[O-])CC1.Cl. The molecule has 5 nitrogen and oxygen atoms in total. The second-order valence-electron chi connectivity index (χ2n) is 4.87. The zero-order valence-electron chi connectivity index (χ0n) is 11.3. The Balaban J connectivity index is 0.00000200. The van der Waals surface area contributed by atoms with Crippen molar-refractivity contribution >= 4 is 29.7 Å². The van der Waals surface area contributed by atoms with Crippen molar-refractivity contribution in [3.05, 3.63) is 38.9 Å². The number of nitrogens with one attached hydrogen (secondary N) is 1. The van der Waals surface area contributed by atoms with E-state index < -0.39 is 0 Å². The molecule has 0 bridgehead atoms. The lowest BCUT2D eigenvalue weighted by molar-refractivity contribution is -0.385. The first-order valence-electron chi connectivity index (χ1n) is 6.42. The Morgan fingerprint density at radius 2 is 2.10 bits per heavy atom. The van der Waals surface area contributed by atoms with Gasteiger partial charge in [-0.1, -0.05) is 11.6 Å². The van der Waals surface area contributed by atoms with Gasteiger partial charge >= 0.3 is 0 Å². The minimum absolute atomic E-state index is 0. The maximum absolute atomic E-state index is 11.0. The van der Waals surface area contributed by atoms with Crippen molar-refractivity contribution in [2.24, 2.45) is 0 Å². The molecule has 0 saturated carbocycles. The molecule has 112 valence electrons. The second kappa shape index (κ2) is 7.78. The molecular formula is C13H19Cl2N3O2. The molecule has 1 fully saturated rings. The van der Waals surface area contributed by atoms with Crippen LogP contribution in [0.4, 0.5) is 5.69 Å². The standard InChI is InChI=1S/C13H18ClN3O2.ClH/c1-15-12-4-6-16(7-5-12)9-10-2-3-11(14)8-13(10)17(18)19;/h2-3,8,12,15H,4-7,9H2,1H3;1H. The van der Waals surface area contributed by atoms with Gasteiger partial charge in [0, 0.05) is 29.2 Å². The molecule has 1 aromatic rings. The van der Waals surface area contributed by atoms with E-state index in [0.29, 0.717) is 17.6 Å². The van der Waals surface area contributed by atoms with E-state index >= 15 is 0 Å². The Labute approximate surface area is 129 Å². The third-order valence-corrected chi connectivity index (χ3v) is 3.87. The third-order valence-electron chi connectivity index (χ3n) is 3.63. The first kappa shape index (κ1) is 17.2. The zero-order chi connectivity index (χ0) is 13.8. The predicted molar refractivity (Wildman–Crippen MR) is 82.7 cm³/mol. The molecule has 0 spiro atoms. The summed E-state index contributed by atoms with van der Waals surface area (Å²) in [5.74, 6) is 0. The lowest BCUT2D eigenvalue weighted by Crippen LogP contribution is -2.40. The molecule has 1 saturated heterocycles. The second-order valence-corrected chi connectivity index (χ2v) is 5.31. The Kier molecular flexibility index (Phi) is 6.68. The van der Waals surface area contributed by atoms with Crippen molar-refractivity contribution in [1.29, 1.82) is 0 Å². The fourth-order valence-corrected chi connectivity index (χ4v) is 2.63. The molecule has 0 unspecified atom stereocenters. The lowest BCUT2D eigenvalue weighted by Gasteiger charge is -2.31. The van der Waals surface area contributed by atoms with Crippen LogP contribution in [0.2, 0.25) is 5.02 Å². The third kappa shape index (κ3) is 4.31. The van der Waals surface area contributed by atoms with E-state index in [1.807, 2.05) is 7.05 Å². The summed E-state index contributed by atoms with van der Waals surface area (Å²) < 4.78 is 0. The maximum atomic E-state index is 11.0. The van der Waals surface area contributed by atoms with Gasteiger partial charge in [-0.3, -0.25) is 15.0 Å². The monoisotopic (exact) mass is 319 g/mol. The van der Waals surface area contributed by atoms with Crippen molar-refractivity contribution in [3.63, 3.8) is 0 Å². The molecule has 20 heavy (non-hydrogen) atoms. The van der Waals surface area contributed by atoms with E-state index in [0.717, 1.165) is 31.5 Å². The predicted octanol–water partition coefficient (Wildman–Crippen LogP) is 2.85. The highest BCUT2D eigenvalue weighted by Crippen LogP contribution is 2.25. The molecule has 0 amide bonds. The van der Waals surface area contributed by atoms with Gasteiger partial charge in [0.15, 0.2) is 0 Å². The summed E-state index contributed by atoms with van der Waals surface area (Å²) >= 11 is 5.82. The fourth-order valence-electron chi connectivity index (χ4n) is 2.46. The molecule has 0 aliphatic carbocycles. The highest BCUT2D eigenvalue weighted by molar-refractivity contribution is 6.30. The van der Waals surface area contributed by atoms with E-state index in [1.54, 1.807) is 12.1 Å². The minimum atomic E-state index is -0.360. The summed E-state index contributed by atoms with van der Waals surface area (Å²) in [6, 6.07) is 5.46. The largest absolute Gasteiger partial charge is 0.317 e. The Morgan fingerprint density at radius 3 is 2.65 bits per heavy atom. The van der Waals surface area contributed by atoms with Gasteiger partial charge in [0.2, 0.25) is 0 Å². The number of rotatable bonds is 4. The normalized spacial score (nSPS) is 16.7. The smallest absolute Gasteiger partial charge is 0.275 e. The first-order chi connectivity index (χ1) is 9.10. The van der Waals surface area contributed by atoms with Crippen LogP contribution in [-0.4, -0.2) is 36.0 Å². The maximum Gasteiger partial charge on any atom is 0.275 e. The van der Waals surface area contributed by atoms with Crippen molar-refractivity contribution in [2.45, 2.75) is 25.4 Å². The molecule has 1 aliphatic rings. The number of hydrogen-bond donors (Lipinski definition) is 1. The van der Waals surface area contributed by atoms with Crippen LogP contribution in [-0.2, 0) is 6.54 Å². The molecule has 0 atom stereocenters. The Morgan fingerprint density at radius 1 is 1.45 bits per heavy atom. The van der Waals surface area contributed by atoms with Gasteiger partial charge in [-0.25, -0.2) is 0 Å². The van der Waals surface area contributed by atoms with E-state index in [9.17, 15) is 10.1 Å². The molecule has 2 rings (SSSR count). The van der Waals surface area contributed by atoms with Crippen molar-refractivity contribution in [2.75, 3.05) is 20.1 Å². The fraction of sp³-hybridized carbons (Fsp3) is 0.538. The molecule has 7 heteroatoms. The molecule has 0 aromatic heterocycles. The van der Waals surface area contributed by atoms with Crippen molar-refractivity contribution in [1.82, 2.24) is 10.2 Å². The van der Waals surface area contributed by atoms with E-state index in [1.165, 1.54) is 6.07 Å². The first-order valence-corrected chi connectivity index (χ1v) is 6.80. The summed E-state index contributed by atoms with van der Waals surface area (Å²) in [5.41, 5.74) is 0.848. The molecule has 1 N–H and O–H groups in total.